The molecule has 0 atom stereocenters. The molecule has 1 heterocycles. The summed E-state index contributed by atoms with van der Waals surface area (Å²) in [7, 11) is 0. The molecule has 1 aromatic carbocycles. The quantitative estimate of drug-likeness (QED) is 0.828. The van der Waals surface area contributed by atoms with Gasteiger partial charge in [0, 0.05) is 30.5 Å². The summed E-state index contributed by atoms with van der Waals surface area (Å²) in [5.74, 6) is 0.647. The average molecular weight is 297 g/mol. The smallest absolute Gasteiger partial charge is 0.138 e. The van der Waals surface area contributed by atoms with Gasteiger partial charge in [-0.05, 0) is 29.8 Å². The summed E-state index contributed by atoms with van der Waals surface area (Å²) < 4.78 is 5.56. The Hall–Kier alpha value is -1.29. The molecule has 2 rings (SSSR count). The molecule has 0 bridgehead atoms. The lowest BCUT2D eigenvalue weighted by Crippen LogP contribution is -2.20. The van der Waals surface area contributed by atoms with E-state index >= 15 is 0 Å². The Bertz CT molecular complexity index is 520. The Morgan fingerprint density at radius 3 is 2.84 bits per heavy atom. The Kier molecular flexibility index (Phi) is 5.45. The number of hydrogen-bond acceptors (Lipinski definition) is 3. The van der Waals surface area contributed by atoms with Crippen molar-refractivity contribution in [2.24, 2.45) is 0 Å². The molecule has 100 valence electrons. The van der Waals surface area contributed by atoms with Crippen LogP contribution in [0.4, 0.5) is 0 Å². The van der Waals surface area contributed by atoms with Crippen LogP contribution in [0.3, 0.4) is 0 Å². The van der Waals surface area contributed by atoms with E-state index in [-0.39, 0.29) is 0 Å². The van der Waals surface area contributed by atoms with Gasteiger partial charge in [-0.1, -0.05) is 29.3 Å². The zero-order valence-corrected chi connectivity index (χ0v) is 11.8. The van der Waals surface area contributed by atoms with Crippen molar-refractivity contribution in [2.75, 3.05) is 13.2 Å². The number of halogens is 2. The maximum atomic E-state index is 6.00. The van der Waals surface area contributed by atoms with Crippen molar-refractivity contribution < 1.29 is 4.74 Å². The highest BCUT2D eigenvalue weighted by atomic mass is 35.5. The topological polar surface area (TPSA) is 34.1 Å². The van der Waals surface area contributed by atoms with E-state index < -0.39 is 0 Å². The van der Waals surface area contributed by atoms with Crippen molar-refractivity contribution in [1.29, 1.82) is 0 Å². The summed E-state index contributed by atoms with van der Waals surface area (Å²) in [6.07, 6.45) is 3.60. The van der Waals surface area contributed by atoms with Crippen LogP contribution >= 0.6 is 23.2 Å². The highest BCUT2D eigenvalue weighted by Crippen LogP contribution is 2.27. The number of hydrogen-bond donors (Lipinski definition) is 1. The second-order valence-electron chi connectivity index (χ2n) is 3.96. The summed E-state index contributed by atoms with van der Waals surface area (Å²) in [4.78, 5) is 4.05. The number of rotatable bonds is 6. The van der Waals surface area contributed by atoms with Crippen LogP contribution in [0, 0.1) is 0 Å². The van der Waals surface area contributed by atoms with E-state index in [1.165, 1.54) is 0 Å². The molecule has 0 spiro atoms. The molecule has 0 amide bonds. The van der Waals surface area contributed by atoms with Crippen LogP contribution in [-0.4, -0.2) is 18.1 Å². The van der Waals surface area contributed by atoms with Crippen LogP contribution < -0.4 is 10.1 Å². The van der Waals surface area contributed by atoms with Crippen molar-refractivity contribution in [1.82, 2.24) is 10.3 Å². The largest absolute Gasteiger partial charge is 0.491 e. The molecule has 0 aliphatic rings. The molecular formula is C14H14Cl2N2O. The van der Waals surface area contributed by atoms with Crippen LogP contribution in [0.2, 0.25) is 10.0 Å². The second kappa shape index (κ2) is 7.34. The number of pyridine rings is 1. The highest BCUT2D eigenvalue weighted by Gasteiger charge is 2.01. The zero-order chi connectivity index (χ0) is 13.5. The Balaban J connectivity index is 1.69. The van der Waals surface area contributed by atoms with Crippen LogP contribution in [0.15, 0.2) is 42.7 Å². The summed E-state index contributed by atoms with van der Waals surface area (Å²) in [6.45, 7) is 2.04. The SMILES string of the molecule is Clc1ccc(OCCNCc2cccnc2)c(Cl)c1. The first-order valence-corrected chi connectivity index (χ1v) is 6.69. The van der Waals surface area contributed by atoms with E-state index in [0.29, 0.717) is 22.4 Å². The third-order valence-corrected chi connectivity index (χ3v) is 3.01. The fraction of sp³-hybridized carbons (Fsp3) is 0.214. The van der Waals surface area contributed by atoms with Gasteiger partial charge in [-0.2, -0.15) is 0 Å². The van der Waals surface area contributed by atoms with Gasteiger partial charge >= 0.3 is 0 Å². The lowest BCUT2D eigenvalue weighted by Gasteiger charge is -2.09. The maximum Gasteiger partial charge on any atom is 0.138 e. The molecule has 0 radical (unpaired) electrons. The molecule has 0 saturated carbocycles. The van der Waals surface area contributed by atoms with Gasteiger partial charge in [-0.3, -0.25) is 4.98 Å². The fourth-order valence-corrected chi connectivity index (χ4v) is 2.02. The average Bonchev–Trinajstić information content (AvgIpc) is 2.42. The Morgan fingerprint density at radius 2 is 2.11 bits per heavy atom. The molecule has 3 nitrogen and oxygen atoms in total. The number of benzene rings is 1. The van der Waals surface area contributed by atoms with Crippen LogP contribution in [0.25, 0.3) is 0 Å². The molecular weight excluding hydrogens is 283 g/mol. The van der Waals surface area contributed by atoms with E-state index in [4.69, 9.17) is 27.9 Å². The molecule has 0 fully saturated rings. The van der Waals surface area contributed by atoms with Gasteiger partial charge in [-0.25, -0.2) is 0 Å². The van der Waals surface area contributed by atoms with Crippen molar-refractivity contribution in [3.8, 4) is 5.75 Å². The van der Waals surface area contributed by atoms with Gasteiger partial charge < -0.3 is 10.1 Å². The van der Waals surface area contributed by atoms with Gasteiger partial charge in [0.25, 0.3) is 0 Å². The molecule has 0 unspecified atom stereocenters. The van der Waals surface area contributed by atoms with E-state index in [1.54, 1.807) is 24.4 Å². The van der Waals surface area contributed by atoms with Crippen molar-refractivity contribution in [2.45, 2.75) is 6.54 Å². The van der Waals surface area contributed by atoms with Gasteiger partial charge in [0.2, 0.25) is 0 Å². The Morgan fingerprint density at radius 1 is 1.21 bits per heavy atom. The first-order valence-electron chi connectivity index (χ1n) is 5.93. The third-order valence-electron chi connectivity index (χ3n) is 2.48. The number of nitrogens with one attached hydrogen (secondary N) is 1. The first kappa shape index (κ1) is 14.1. The summed E-state index contributed by atoms with van der Waals surface area (Å²) >= 11 is 11.8. The minimum Gasteiger partial charge on any atom is -0.491 e. The molecule has 5 heteroatoms. The van der Waals surface area contributed by atoms with E-state index in [0.717, 1.165) is 18.7 Å². The van der Waals surface area contributed by atoms with Crippen LogP contribution in [-0.2, 0) is 6.54 Å². The van der Waals surface area contributed by atoms with Crippen molar-refractivity contribution in [3.05, 3.63) is 58.3 Å². The van der Waals surface area contributed by atoms with E-state index in [9.17, 15) is 0 Å². The highest BCUT2D eigenvalue weighted by molar-refractivity contribution is 6.35. The summed E-state index contributed by atoms with van der Waals surface area (Å²) in [5, 5.41) is 4.40. The third kappa shape index (κ3) is 4.71. The zero-order valence-electron chi connectivity index (χ0n) is 10.3. The fourth-order valence-electron chi connectivity index (χ4n) is 1.56. The standard InChI is InChI=1S/C14H14Cl2N2O/c15-12-3-4-14(13(16)8-12)19-7-6-18-10-11-2-1-5-17-9-11/h1-5,8-9,18H,6-7,10H2. The van der Waals surface area contributed by atoms with E-state index in [2.05, 4.69) is 10.3 Å². The lowest BCUT2D eigenvalue weighted by molar-refractivity contribution is 0.314. The second-order valence-corrected chi connectivity index (χ2v) is 4.80. The molecule has 1 N–H and O–H groups in total. The van der Waals surface area contributed by atoms with Gasteiger partial charge in [0.05, 0.1) is 5.02 Å². The summed E-state index contributed by atoms with van der Waals surface area (Å²) in [5.41, 5.74) is 1.15. The maximum absolute atomic E-state index is 6.00. The predicted octanol–water partition coefficient (Wildman–Crippen LogP) is 3.56. The summed E-state index contributed by atoms with van der Waals surface area (Å²) in [6, 6.07) is 9.14. The Labute approximate surface area is 122 Å². The number of ether oxygens (including phenoxy) is 1. The number of aromatic nitrogens is 1. The predicted molar refractivity (Wildman–Crippen MR) is 77.9 cm³/mol. The van der Waals surface area contributed by atoms with Crippen molar-refractivity contribution >= 4 is 23.2 Å². The minimum absolute atomic E-state index is 0.528. The van der Waals surface area contributed by atoms with Crippen molar-refractivity contribution in [3.63, 3.8) is 0 Å². The molecule has 0 aliphatic heterocycles. The van der Waals surface area contributed by atoms with Gasteiger partial charge in [-0.15, -0.1) is 0 Å². The van der Waals surface area contributed by atoms with Crippen LogP contribution in [0.1, 0.15) is 5.56 Å². The van der Waals surface area contributed by atoms with Gasteiger partial charge in [0.1, 0.15) is 12.4 Å². The molecule has 19 heavy (non-hydrogen) atoms. The molecule has 0 aliphatic carbocycles. The monoisotopic (exact) mass is 296 g/mol. The number of nitrogens with zero attached hydrogens (tertiary/aromatic N) is 1. The van der Waals surface area contributed by atoms with Crippen LogP contribution in [0.5, 0.6) is 5.75 Å². The molecule has 1 aromatic heterocycles. The first-order chi connectivity index (χ1) is 9.25. The molecule has 2 aromatic rings. The molecule has 0 saturated heterocycles. The minimum atomic E-state index is 0.528. The van der Waals surface area contributed by atoms with E-state index in [1.807, 2.05) is 18.3 Å². The lowest BCUT2D eigenvalue weighted by atomic mass is 10.3. The van der Waals surface area contributed by atoms with Gasteiger partial charge in [0.15, 0.2) is 0 Å². The normalized spacial score (nSPS) is 10.4.